The third-order valence-corrected chi connectivity index (χ3v) is 10.5. The van der Waals surface area contributed by atoms with Crippen molar-refractivity contribution in [3.63, 3.8) is 0 Å². The number of hydrogen-bond acceptors (Lipinski definition) is 3. The Labute approximate surface area is 313 Å². The fraction of sp³-hybridized carbons (Fsp3) is 0.891. The Morgan fingerprint density at radius 3 is 1.20 bits per heavy atom. The molecule has 0 spiro atoms. The maximum atomic E-state index is 12.2. The maximum Gasteiger partial charge on any atom is 0.220 e. The zero-order chi connectivity index (χ0) is 36.4. The predicted molar refractivity (Wildman–Crippen MR) is 221 cm³/mol. The van der Waals surface area contributed by atoms with E-state index >= 15 is 0 Å². The number of unbranched alkanes of at least 4 members (excludes halogenated alkanes) is 30. The van der Waals surface area contributed by atoms with E-state index < -0.39 is 12.1 Å². The molecule has 1 amide bonds. The Balaban J connectivity index is 3.27. The average molecular weight is 704 g/mol. The number of rotatable bonds is 41. The summed E-state index contributed by atoms with van der Waals surface area (Å²) < 4.78 is 0. The number of allylic oxidation sites excluding steroid dienone is 4. The fourth-order valence-corrected chi connectivity index (χ4v) is 6.98. The molecular formula is C46H89NO3. The van der Waals surface area contributed by atoms with Crippen molar-refractivity contribution in [1.29, 1.82) is 0 Å². The molecule has 0 aliphatic heterocycles. The van der Waals surface area contributed by atoms with Crippen LogP contribution in [0.1, 0.15) is 245 Å². The van der Waals surface area contributed by atoms with Crippen molar-refractivity contribution in [3.8, 4) is 0 Å². The second kappa shape index (κ2) is 42.3. The number of aliphatic hydroxyl groups excluding tert-OH is 2. The summed E-state index contributed by atoms with van der Waals surface area (Å²) in [6.07, 6.45) is 54.9. The quantitative estimate of drug-likeness (QED) is 0.0438. The van der Waals surface area contributed by atoms with Gasteiger partial charge in [0, 0.05) is 6.42 Å². The van der Waals surface area contributed by atoms with Crippen LogP contribution in [0.15, 0.2) is 24.3 Å². The van der Waals surface area contributed by atoms with Gasteiger partial charge in [-0.15, -0.1) is 0 Å². The van der Waals surface area contributed by atoms with E-state index in [0.717, 1.165) is 38.5 Å². The van der Waals surface area contributed by atoms with Gasteiger partial charge in [0.1, 0.15) is 0 Å². The second-order valence-electron chi connectivity index (χ2n) is 15.5. The van der Waals surface area contributed by atoms with Crippen LogP contribution in [0.4, 0.5) is 0 Å². The van der Waals surface area contributed by atoms with Gasteiger partial charge in [-0.25, -0.2) is 0 Å². The highest BCUT2D eigenvalue weighted by Crippen LogP contribution is 2.16. The van der Waals surface area contributed by atoms with Crippen LogP contribution in [-0.2, 0) is 4.79 Å². The molecule has 2 atom stereocenters. The topological polar surface area (TPSA) is 69.6 Å². The summed E-state index contributed by atoms with van der Waals surface area (Å²) in [4.78, 5) is 12.2. The molecule has 0 bridgehead atoms. The van der Waals surface area contributed by atoms with Gasteiger partial charge < -0.3 is 15.5 Å². The van der Waals surface area contributed by atoms with Crippen LogP contribution in [0, 0.1) is 0 Å². The first-order valence-electron chi connectivity index (χ1n) is 22.5. The molecule has 0 aromatic rings. The molecule has 0 heterocycles. The van der Waals surface area contributed by atoms with Crippen molar-refractivity contribution in [2.75, 3.05) is 6.61 Å². The minimum atomic E-state index is -0.652. The van der Waals surface area contributed by atoms with E-state index in [9.17, 15) is 15.0 Å². The SMILES string of the molecule is CCCCCCC/C=C\C/C=C\CCCCCCCCCCCCCCCCCCCCCCCCCC(=O)NC(CO)C(O)CCCCC. The summed E-state index contributed by atoms with van der Waals surface area (Å²) >= 11 is 0. The summed E-state index contributed by atoms with van der Waals surface area (Å²) in [6, 6.07) is -0.528. The first kappa shape index (κ1) is 48.9. The van der Waals surface area contributed by atoms with Crippen molar-refractivity contribution in [2.24, 2.45) is 0 Å². The highest BCUT2D eigenvalue weighted by Gasteiger charge is 2.19. The van der Waals surface area contributed by atoms with Gasteiger partial charge in [-0.2, -0.15) is 0 Å². The minimum absolute atomic E-state index is 0.0398. The van der Waals surface area contributed by atoms with Gasteiger partial charge in [-0.1, -0.05) is 218 Å². The highest BCUT2D eigenvalue weighted by molar-refractivity contribution is 5.76. The lowest BCUT2D eigenvalue weighted by Crippen LogP contribution is -2.45. The Bertz CT molecular complexity index is 720. The zero-order valence-electron chi connectivity index (χ0n) is 33.9. The lowest BCUT2D eigenvalue weighted by Gasteiger charge is -2.22. The van der Waals surface area contributed by atoms with Crippen molar-refractivity contribution in [2.45, 2.75) is 257 Å². The summed E-state index contributed by atoms with van der Waals surface area (Å²) in [5.41, 5.74) is 0. The molecular weight excluding hydrogens is 615 g/mol. The first-order chi connectivity index (χ1) is 24.7. The molecule has 0 aromatic heterocycles. The molecule has 0 aliphatic rings. The van der Waals surface area contributed by atoms with Crippen LogP contribution in [0.3, 0.4) is 0 Å². The molecule has 0 radical (unpaired) electrons. The van der Waals surface area contributed by atoms with Crippen molar-refractivity contribution < 1.29 is 15.0 Å². The van der Waals surface area contributed by atoms with Gasteiger partial charge in [-0.05, 0) is 44.9 Å². The standard InChI is InChI=1S/C46H89NO3/c1-3-5-7-8-9-10-11-12-13-14-15-16-17-18-19-20-21-22-23-24-25-26-27-28-29-30-31-32-33-34-35-36-37-38-40-42-46(50)47-44(43-48)45(49)41-39-6-4-2/h11-12,14-15,44-45,48-49H,3-10,13,16-43H2,1-2H3,(H,47,50)/b12-11-,15-14-. The number of amides is 1. The largest absolute Gasteiger partial charge is 0.394 e. The van der Waals surface area contributed by atoms with E-state index in [1.54, 1.807) is 0 Å². The Hall–Kier alpha value is -1.13. The van der Waals surface area contributed by atoms with Crippen LogP contribution >= 0.6 is 0 Å². The molecule has 296 valence electrons. The van der Waals surface area contributed by atoms with E-state index in [2.05, 4.69) is 43.5 Å². The molecule has 2 unspecified atom stereocenters. The second-order valence-corrected chi connectivity index (χ2v) is 15.5. The van der Waals surface area contributed by atoms with E-state index in [0.29, 0.717) is 12.8 Å². The number of carbonyl (C=O) groups excluding carboxylic acids is 1. The van der Waals surface area contributed by atoms with E-state index in [-0.39, 0.29) is 12.5 Å². The molecule has 50 heavy (non-hydrogen) atoms. The van der Waals surface area contributed by atoms with Gasteiger partial charge in [0.05, 0.1) is 18.8 Å². The molecule has 3 N–H and O–H groups in total. The van der Waals surface area contributed by atoms with Gasteiger partial charge in [0.15, 0.2) is 0 Å². The fourth-order valence-electron chi connectivity index (χ4n) is 6.98. The minimum Gasteiger partial charge on any atom is -0.394 e. The smallest absolute Gasteiger partial charge is 0.220 e. The van der Waals surface area contributed by atoms with Crippen molar-refractivity contribution in [1.82, 2.24) is 5.32 Å². The number of hydrogen-bond donors (Lipinski definition) is 3. The van der Waals surface area contributed by atoms with Crippen LogP contribution in [0.25, 0.3) is 0 Å². The Morgan fingerprint density at radius 1 is 0.480 bits per heavy atom. The van der Waals surface area contributed by atoms with Crippen LogP contribution in [0.5, 0.6) is 0 Å². The van der Waals surface area contributed by atoms with E-state index in [4.69, 9.17) is 0 Å². The Kier molecular flexibility index (Phi) is 41.3. The molecule has 0 saturated heterocycles. The predicted octanol–water partition coefficient (Wildman–Crippen LogP) is 14.0. The van der Waals surface area contributed by atoms with Gasteiger partial charge in [0.2, 0.25) is 5.91 Å². The highest BCUT2D eigenvalue weighted by atomic mass is 16.3. The third kappa shape index (κ3) is 38.1. The Morgan fingerprint density at radius 2 is 0.820 bits per heavy atom. The van der Waals surface area contributed by atoms with E-state index in [1.165, 1.54) is 180 Å². The van der Waals surface area contributed by atoms with Crippen LogP contribution in [-0.4, -0.2) is 34.9 Å². The van der Waals surface area contributed by atoms with Crippen molar-refractivity contribution in [3.05, 3.63) is 24.3 Å². The summed E-state index contributed by atoms with van der Waals surface area (Å²) in [5, 5.41) is 22.6. The molecule has 0 aromatic carbocycles. The zero-order valence-corrected chi connectivity index (χ0v) is 33.9. The maximum absolute atomic E-state index is 12.2. The van der Waals surface area contributed by atoms with Gasteiger partial charge in [0.25, 0.3) is 0 Å². The molecule has 4 nitrogen and oxygen atoms in total. The van der Waals surface area contributed by atoms with E-state index in [1.807, 2.05) is 0 Å². The normalized spacial score (nSPS) is 13.1. The number of aliphatic hydroxyl groups is 2. The summed E-state index contributed by atoms with van der Waals surface area (Å²) in [7, 11) is 0. The summed E-state index contributed by atoms with van der Waals surface area (Å²) in [6.45, 7) is 4.21. The molecule has 0 saturated carbocycles. The summed E-state index contributed by atoms with van der Waals surface area (Å²) in [5.74, 6) is -0.0398. The molecule has 0 rings (SSSR count). The van der Waals surface area contributed by atoms with Crippen molar-refractivity contribution >= 4 is 5.91 Å². The number of nitrogens with one attached hydrogen (secondary N) is 1. The van der Waals surface area contributed by atoms with Crippen LogP contribution < -0.4 is 5.32 Å². The lowest BCUT2D eigenvalue weighted by molar-refractivity contribution is -0.123. The molecule has 0 fully saturated rings. The third-order valence-electron chi connectivity index (χ3n) is 10.5. The molecule has 0 aliphatic carbocycles. The lowest BCUT2D eigenvalue weighted by atomic mass is 10.0. The van der Waals surface area contributed by atoms with Gasteiger partial charge in [-0.3, -0.25) is 4.79 Å². The van der Waals surface area contributed by atoms with Crippen LogP contribution in [0.2, 0.25) is 0 Å². The average Bonchev–Trinajstić information content (AvgIpc) is 3.12. The molecule has 4 heteroatoms. The van der Waals surface area contributed by atoms with Gasteiger partial charge >= 0.3 is 0 Å². The number of carbonyl (C=O) groups is 1. The first-order valence-corrected chi connectivity index (χ1v) is 22.5. The monoisotopic (exact) mass is 704 g/mol.